The zero-order valence-electron chi connectivity index (χ0n) is 8.14. The van der Waals surface area contributed by atoms with Crippen molar-refractivity contribution in [3.8, 4) is 0 Å². The van der Waals surface area contributed by atoms with E-state index in [1.807, 2.05) is 0 Å². The zero-order chi connectivity index (χ0) is 8.81. The second-order valence-electron chi connectivity index (χ2n) is 3.23. The van der Waals surface area contributed by atoms with Crippen LogP contribution in [0.25, 0.3) is 0 Å². The molecule has 0 aromatic rings. The van der Waals surface area contributed by atoms with Crippen molar-refractivity contribution in [1.82, 2.24) is 0 Å². The summed E-state index contributed by atoms with van der Waals surface area (Å²) in [4.78, 5) is 0. The van der Waals surface area contributed by atoms with Gasteiger partial charge in [-0.25, -0.2) is 0 Å². The number of rotatable bonds is 3. The van der Waals surface area contributed by atoms with Crippen molar-refractivity contribution in [2.45, 2.75) is 39.5 Å². The van der Waals surface area contributed by atoms with Gasteiger partial charge in [0.15, 0.2) is 0 Å². The first-order chi connectivity index (χ1) is 5.86. The Bertz CT molecular complexity index is 216. The summed E-state index contributed by atoms with van der Waals surface area (Å²) in [6, 6.07) is 0. The molecule has 0 fully saturated rings. The highest BCUT2D eigenvalue weighted by atomic mass is 14.0. The van der Waals surface area contributed by atoms with Gasteiger partial charge in [-0.2, -0.15) is 0 Å². The number of hydrogen-bond acceptors (Lipinski definition) is 0. The minimum Gasteiger partial charge on any atom is -0.0775 e. The highest BCUT2D eigenvalue weighted by Gasteiger charge is 1.95. The molecule has 0 aromatic carbocycles. The molecule has 1 aliphatic rings. The quantitative estimate of drug-likeness (QED) is 0.588. The third-order valence-electron chi connectivity index (χ3n) is 2.22. The summed E-state index contributed by atoms with van der Waals surface area (Å²) >= 11 is 0. The normalized spacial score (nSPS) is 16.8. The van der Waals surface area contributed by atoms with Gasteiger partial charge in [0.05, 0.1) is 0 Å². The first-order valence-electron chi connectivity index (χ1n) is 4.93. The summed E-state index contributed by atoms with van der Waals surface area (Å²) in [5.41, 5.74) is 2.97. The molecule has 0 aromatic heterocycles. The second kappa shape index (κ2) is 4.97. The largest absolute Gasteiger partial charge is 0.0775 e. The molecule has 0 amide bonds. The van der Waals surface area contributed by atoms with Gasteiger partial charge < -0.3 is 0 Å². The van der Waals surface area contributed by atoms with Crippen molar-refractivity contribution >= 4 is 0 Å². The lowest BCUT2D eigenvalue weighted by Crippen LogP contribution is -1.75. The lowest BCUT2D eigenvalue weighted by molar-refractivity contribution is 0.922. The molecule has 0 heteroatoms. The van der Waals surface area contributed by atoms with E-state index in [4.69, 9.17) is 0 Å². The maximum atomic E-state index is 2.34. The molecule has 12 heavy (non-hydrogen) atoms. The van der Waals surface area contributed by atoms with Gasteiger partial charge in [0.1, 0.15) is 0 Å². The lowest BCUT2D eigenvalue weighted by atomic mass is 10.1. The van der Waals surface area contributed by atoms with E-state index in [0.717, 1.165) is 12.8 Å². The molecule has 0 bridgehead atoms. The molecule has 0 unspecified atom stereocenters. The van der Waals surface area contributed by atoms with Crippen molar-refractivity contribution in [2.75, 3.05) is 0 Å². The van der Waals surface area contributed by atoms with Crippen molar-refractivity contribution in [3.63, 3.8) is 0 Å². The van der Waals surface area contributed by atoms with Gasteiger partial charge in [0.2, 0.25) is 0 Å². The smallest absolute Gasteiger partial charge is 0.0158 e. The Labute approximate surface area is 75.7 Å². The van der Waals surface area contributed by atoms with E-state index in [2.05, 4.69) is 38.2 Å². The predicted molar refractivity (Wildman–Crippen MR) is 55.1 cm³/mol. The van der Waals surface area contributed by atoms with Crippen LogP contribution in [0, 0.1) is 0 Å². The molecule has 1 aliphatic carbocycles. The van der Waals surface area contributed by atoms with E-state index in [9.17, 15) is 0 Å². The first kappa shape index (κ1) is 9.31. The third kappa shape index (κ3) is 2.69. The molecule has 0 nitrogen and oxygen atoms in total. The Morgan fingerprint density at radius 2 is 1.75 bits per heavy atom. The van der Waals surface area contributed by atoms with E-state index in [1.165, 1.54) is 24.0 Å². The van der Waals surface area contributed by atoms with Crippen LogP contribution in [0.5, 0.6) is 0 Å². The molecule has 0 spiro atoms. The van der Waals surface area contributed by atoms with Crippen LogP contribution in [0.4, 0.5) is 0 Å². The van der Waals surface area contributed by atoms with Crippen LogP contribution in [0.1, 0.15) is 39.5 Å². The fraction of sp³-hybridized carbons (Fsp3) is 0.500. The van der Waals surface area contributed by atoms with E-state index >= 15 is 0 Å². The number of allylic oxidation sites excluding steroid dienone is 6. The first-order valence-corrected chi connectivity index (χ1v) is 4.93. The molecule has 0 atom stereocenters. The minimum atomic E-state index is 1.12. The van der Waals surface area contributed by atoms with Gasteiger partial charge >= 0.3 is 0 Å². The molecule has 0 aliphatic heterocycles. The van der Waals surface area contributed by atoms with Crippen LogP contribution in [0.3, 0.4) is 0 Å². The highest BCUT2D eigenvalue weighted by Crippen LogP contribution is 2.15. The Morgan fingerprint density at radius 1 is 1.08 bits per heavy atom. The summed E-state index contributed by atoms with van der Waals surface area (Å²) in [5.74, 6) is 0. The minimum absolute atomic E-state index is 1.12. The maximum Gasteiger partial charge on any atom is -0.0158 e. The Hall–Kier alpha value is -0.780. The van der Waals surface area contributed by atoms with Gasteiger partial charge in [-0.05, 0) is 19.3 Å². The maximum absolute atomic E-state index is 2.34. The van der Waals surface area contributed by atoms with Gasteiger partial charge in [-0.3, -0.25) is 0 Å². The molecule has 0 heterocycles. The molecule has 0 saturated heterocycles. The second-order valence-corrected chi connectivity index (χ2v) is 3.23. The summed E-state index contributed by atoms with van der Waals surface area (Å²) in [6.45, 7) is 4.44. The highest BCUT2D eigenvalue weighted by molar-refractivity contribution is 5.31. The summed E-state index contributed by atoms with van der Waals surface area (Å²) in [6.07, 6.45) is 13.9. The average Bonchev–Trinajstić information content (AvgIpc) is 2.31. The van der Waals surface area contributed by atoms with Crippen molar-refractivity contribution < 1.29 is 0 Å². The van der Waals surface area contributed by atoms with E-state index in [-0.39, 0.29) is 0 Å². The van der Waals surface area contributed by atoms with Gasteiger partial charge in [0.25, 0.3) is 0 Å². The molecular weight excluding hydrogens is 144 g/mol. The Kier molecular flexibility index (Phi) is 3.86. The molecule has 0 radical (unpaired) electrons. The van der Waals surface area contributed by atoms with E-state index < -0.39 is 0 Å². The standard InChI is InChI=1S/C12H18/c1-3-6-12-8-5-7-11(4-2)9-10-12/h7-10H,3-6H2,1-2H3. The third-order valence-corrected chi connectivity index (χ3v) is 2.22. The van der Waals surface area contributed by atoms with Crippen LogP contribution in [0.15, 0.2) is 35.5 Å². The van der Waals surface area contributed by atoms with Gasteiger partial charge in [-0.1, -0.05) is 55.7 Å². The fourth-order valence-corrected chi connectivity index (χ4v) is 1.45. The van der Waals surface area contributed by atoms with Gasteiger partial charge in [-0.15, -0.1) is 0 Å². The van der Waals surface area contributed by atoms with E-state index in [1.54, 1.807) is 0 Å². The summed E-state index contributed by atoms with van der Waals surface area (Å²) < 4.78 is 0. The van der Waals surface area contributed by atoms with Crippen LogP contribution < -0.4 is 0 Å². The monoisotopic (exact) mass is 162 g/mol. The van der Waals surface area contributed by atoms with Crippen LogP contribution >= 0.6 is 0 Å². The molecule has 0 saturated carbocycles. The van der Waals surface area contributed by atoms with Crippen molar-refractivity contribution in [1.29, 1.82) is 0 Å². The molecule has 66 valence electrons. The Balaban J connectivity index is 2.58. The number of hydrogen-bond donors (Lipinski definition) is 0. The average molecular weight is 162 g/mol. The van der Waals surface area contributed by atoms with Crippen LogP contribution in [-0.2, 0) is 0 Å². The van der Waals surface area contributed by atoms with Crippen molar-refractivity contribution in [3.05, 3.63) is 35.5 Å². The topological polar surface area (TPSA) is 0 Å². The molecule has 0 N–H and O–H groups in total. The zero-order valence-corrected chi connectivity index (χ0v) is 8.14. The van der Waals surface area contributed by atoms with Gasteiger partial charge in [0, 0.05) is 0 Å². The van der Waals surface area contributed by atoms with Crippen molar-refractivity contribution in [2.24, 2.45) is 0 Å². The summed E-state index contributed by atoms with van der Waals surface area (Å²) in [5, 5.41) is 0. The predicted octanol–water partition coefficient (Wildman–Crippen LogP) is 4.01. The molecule has 1 rings (SSSR count). The molecular formula is C12H18. The SMILES string of the molecule is CCCC1=CCC=C(CC)C=C1. The summed E-state index contributed by atoms with van der Waals surface area (Å²) in [7, 11) is 0. The van der Waals surface area contributed by atoms with Crippen LogP contribution in [-0.4, -0.2) is 0 Å². The fourth-order valence-electron chi connectivity index (χ4n) is 1.45. The Morgan fingerprint density at radius 3 is 2.42 bits per heavy atom. The lowest BCUT2D eigenvalue weighted by Gasteiger charge is -1.95. The van der Waals surface area contributed by atoms with Crippen LogP contribution in [0.2, 0.25) is 0 Å². The van der Waals surface area contributed by atoms with E-state index in [0.29, 0.717) is 0 Å².